The van der Waals surface area contributed by atoms with E-state index in [9.17, 15) is 4.79 Å². The standard InChI is InChI=1S/C23H23N5O2S/c1-3-30-20-11-9-19(10-12-20)24-21(29)16-31-23-26-25-22(18-8-6-7-17(2)15-18)28(23)27-13-4-5-14-27/h4-15H,3,16H2,1-2H3,(H,24,29). The lowest BCUT2D eigenvalue weighted by atomic mass is 10.1. The van der Waals surface area contributed by atoms with Gasteiger partial charge in [0.05, 0.1) is 12.4 Å². The maximum Gasteiger partial charge on any atom is 0.234 e. The van der Waals surface area contributed by atoms with Crippen molar-refractivity contribution in [1.29, 1.82) is 0 Å². The summed E-state index contributed by atoms with van der Waals surface area (Å²) in [5.41, 5.74) is 2.83. The molecule has 0 aliphatic carbocycles. The van der Waals surface area contributed by atoms with Crippen LogP contribution in [0.25, 0.3) is 11.4 Å². The number of carbonyl (C=O) groups is 1. The largest absolute Gasteiger partial charge is 0.494 e. The molecule has 158 valence electrons. The van der Waals surface area contributed by atoms with Crippen molar-refractivity contribution in [3.63, 3.8) is 0 Å². The first-order valence-electron chi connectivity index (χ1n) is 9.95. The van der Waals surface area contributed by atoms with E-state index in [0.29, 0.717) is 17.6 Å². The first-order valence-corrected chi connectivity index (χ1v) is 10.9. The third kappa shape index (κ3) is 4.97. The minimum Gasteiger partial charge on any atom is -0.494 e. The second-order valence-electron chi connectivity index (χ2n) is 6.84. The first kappa shape index (κ1) is 20.7. The van der Waals surface area contributed by atoms with Crippen molar-refractivity contribution >= 4 is 23.4 Å². The Morgan fingerprint density at radius 3 is 2.55 bits per heavy atom. The molecule has 2 aromatic heterocycles. The van der Waals surface area contributed by atoms with Gasteiger partial charge >= 0.3 is 0 Å². The van der Waals surface area contributed by atoms with Crippen molar-refractivity contribution in [2.75, 3.05) is 17.7 Å². The van der Waals surface area contributed by atoms with E-state index in [1.807, 2.05) is 90.2 Å². The van der Waals surface area contributed by atoms with E-state index in [4.69, 9.17) is 4.74 Å². The van der Waals surface area contributed by atoms with Gasteiger partial charge in [-0.1, -0.05) is 35.5 Å². The third-order valence-corrected chi connectivity index (χ3v) is 5.41. The van der Waals surface area contributed by atoms with Crippen molar-refractivity contribution in [1.82, 2.24) is 19.5 Å². The summed E-state index contributed by atoms with van der Waals surface area (Å²) in [7, 11) is 0. The van der Waals surface area contributed by atoms with Gasteiger partial charge in [0.1, 0.15) is 5.75 Å². The van der Waals surface area contributed by atoms with E-state index in [2.05, 4.69) is 21.6 Å². The van der Waals surface area contributed by atoms with Gasteiger partial charge in [-0.05, 0) is 56.3 Å². The van der Waals surface area contributed by atoms with Gasteiger partial charge in [-0.3, -0.25) is 9.47 Å². The Morgan fingerprint density at radius 1 is 1.06 bits per heavy atom. The quantitative estimate of drug-likeness (QED) is 0.414. The molecule has 0 atom stereocenters. The second-order valence-corrected chi connectivity index (χ2v) is 7.79. The summed E-state index contributed by atoms with van der Waals surface area (Å²) < 4.78 is 9.24. The number of aromatic nitrogens is 4. The van der Waals surface area contributed by atoms with Gasteiger partial charge in [0.2, 0.25) is 11.1 Å². The van der Waals surface area contributed by atoms with Gasteiger partial charge in [-0.15, -0.1) is 10.2 Å². The number of ether oxygens (including phenoxy) is 1. The van der Waals surface area contributed by atoms with E-state index >= 15 is 0 Å². The Hall–Kier alpha value is -3.52. The minimum absolute atomic E-state index is 0.117. The molecule has 31 heavy (non-hydrogen) atoms. The topological polar surface area (TPSA) is 74.0 Å². The minimum atomic E-state index is -0.117. The SMILES string of the molecule is CCOc1ccc(NC(=O)CSc2nnc(-c3cccc(C)c3)n2-n2cccc2)cc1. The molecule has 8 heteroatoms. The zero-order chi connectivity index (χ0) is 21.6. The summed E-state index contributed by atoms with van der Waals surface area (Å²) in [5.74, 6) is 1.58. The van der Waals surface area contributed by atoms with E-state index in [-0.39, 0.29) is 11.7 Å². The zero-order valence-corrected chi connectivity index (χ0v) is 18.2. The molecule has 1 N–H and O–H groups in total. The highest BCUT2D eigenvalue weighted by molar-refractivity contribution is 7.99. The molecule has 4 rings (SSSR count). The molecule has 2 aromatic carbocycles. The van der Waals surface area contributed by atoms with Crippen LogP contribution in [-0.4, -0.2) is 37.8 Å². The number of rotatable bonds is 8. The van der Waals surface area contributed by atoms with Crippen LogP contribution in [0.4, 0.5) is 5.69 Å². The van der Waals surface area contributed by atoms with Crippen LogP contribution < -0.4 is 10.1 Å². The Balaban J connectivity index is 1.50. The van der Waals surface area contributed by atoms with E-state index < -0.39 is 0 Å². The van der Waals surface area contributed by atoms with Crippen molar-refractivity contribution in [2.45, 2.75) is 19.0 Å². The van der Waals surface area contributed by atoms with E-state index in [0.717, 1.165) is 22.6 Å². The molecular formula is C23H23N5O2S. The van der Waals surface area contributed by atoms with Crippen molar-refractivity contribution in [3.8, 4) is 17.1 Å². The molecule has 7 nitrogen and oxygen atoms in total. The summed E-state index contributed by atoms with van der Waals surface area (Å²) in [6.45, 7) is 4.58. The number of amides is 1. The van der Waals surface area contributed by atoms with Crippen LogP contribution in [0.15, 0.2) is 78.2 Å². The Kier molecular flexibility index (Phi) is 6.37. The third-order valence-electron chi connectivity index (χ3n) is 4.49. The van der Waals surface area contributed by atoms with Gasteiger partial charge in [0, 0.05) is 23.6 Å². The number of anilines is 1. The lowest BCUT2D eigenvalue weighted by Crippen LogP contribution is -2.15. The Labute approximate surface area is 185 Å². The molecule has 0 aliphatic rings. The molecule has 0 bridgehead atoms. The van der Waals surface area contributed by atoms with Gasteiger partial charge in [-0.25, -0.2) is 4.68 Å². The maximum absolute atomic E-state index is 12.5. The van der Waals surface area contributed by atoms with Crippen molar-refractivity contribution in [3.05, 3.63) is 78.6 Å². The predicted octanol–water partition coefficient (Wildman–Crippen LogP) is 4.50. The summed E-state index contributed by atoms with van der Waals surface area (Å²) in [5, 5.41) is 12.3. The highest BCUT2D eigenvalue weighted by atomic mass is 32.2. The summed E-state index contributed by atoms with van der Waals surface area (Å²) in [6, 6.07) is 19.3. The normalized spacial score (nSPS) is 10.8. The number of benzene rings is 2. The molecule has 0 aliphatic heterocycles. The lowest BCUT2D eigenvalue weighted by Gasteiger charge is -2.11. The van der Waals surface area contributed by atoms with Gasteiger partial charge < -0.3 is 10.1 Å². The van der Waals surface area contributed by atoms with Crippen molar-refractivity contribution in [2.24, 2.45) is 0 Å². The zero-order valence-electron chi connectivity index (χ0n) is 17.4. The number of hydrogen-bond donors (Lipinski definition) is 1. The fraction of sp³-hybridized carbons (Fsp3) is 0.174. The van der Waals surface area contributed by atoms with Gasteiger partial charge in [0.25, 0.3) is 0 Å². The molecule has 0 spiro atoms. The first-order chi connectivity index (χ1) is 15.1. The number of carbonyl (C=O) groups excluding carboxylic acids is 1. The second kappa shape index (κ2) is 9.53. The maximum atomic E-state index is 12.5. The fourth-order valence-corrected chi connectivity index (χ4v) is 3.85. The molecule has 0 unspecified atom stereocenters. The van der Waals surface area contributed by atoms with Crippen LogP contribution in [0.3, 0.4) is 0 Å². The average Bonchev–Trinajstić information content (AvgIpc) is 3.43. The van der Waals surface area contributed by atoms with Crippen LogP contribution >= 0.6 is 11.8 Å². The number of hydrogen-bond acceptors (Lipinski definition) is 5. The number of nitrogens with zero attached hydrogens (tertiary/aromatic N) is 4. The number of aryl methyl sites for hydroxylation is 1. The highest BCUT2D eigenvalue weighted by Gasteiger charge is 2.17. The summed E-state index contributed by atoms with van der Waals surface area (Å²) in [4.78, 5) is 12.5. The molecule has 0 saturated heterocycles. The predicted molar refractivity (Wildman–Crippen MR) is 122 cm³/mol. The molecule has 4 aromatic rings. The summed E-state index contributed by atoms with van der Waals surface area (Å²) >= 11 is 1.34. The van der Waals surface area contributed by atoms with E-state index in [1.54, 1.807) is 0 Å². The molecule has 0 fully saturated rings. The van der Waals surface area contributed by atoms with E-state index in [1.165, 1.54) is 11.8 Å². The molecule has 1 amide bonds. The molecule has 0 radical (unpaired) electrons. The van der Waals surface area contributed by atoms with Crippen LogP contribution in [0.1, 0.15) is 12.5 Å². The molecular weight excluding hydrogens is 410 g/mol. The Morgan fingerprint density at radius 2 is 1.84 bits per heavy atom. The van der Waals surface area contributed by atoms with Gasteiger partial charge in [0.15, 0.2) is 5.82 Å². The van der Waals surface area contributed by atoms with Crippen LogP contribution in [0.5, 0.6) is 5.75 Å². The average molecular weight is 434 g/mol. The molecule has 0 saturated carbocycles. The van der Waals surface area contributed by atoms with Gasteiger partial charge in [-0.2, -0.15) is 0 Å². The smallest absolute Gasteiger partial charge is 0.234 e. The van der Waals surface area contributed by atoms with Crippen molar-refractivity contribution < 1.29 is 9.53 Å². The molecule has 2 heterocycles. The monoisotopic (exact) mass is 433 g/mol. The van der Waals surface area contributed by atoms with Crippen LogP contribution in [-0.2, 0) is 4.79 Å². The highest BCUT2D eigenvalue weighted by Crippen LogP contribution is 2.25. The summed E-state index contributed by atoms with van der Waals surface area (Å²) in [6.07, 6.45) is 3.85. The number of thioether (sulfide) groups is 1. The van der Waals surface area contributed by atoms with Crippen LogP contribution in [0, 0.1) is 6.92 Å². The number of nitrogens with one attached hydrogen (secondary N) is 1. The lowest BCUT2D eigenvalue weighted by molar-refractivity contribution is -0.113. The van der Waals surface area contributed by atoms with Crippen LogP contribution in [0.2, 0.25) is 0 Å². The fourth-order valence-electron chi connectivity index (χ4n) is 3.11. The Bertz CT molecular complexity index is 1150.